The van der Waals surface area contributed by atoms with Crippen LogP contribution < -0.4 is 5.32 Å². The second kappa shape index (κ2) is 12.0. The average molecular weight is 513 g/mol. The largest absolute Gasteiger partial charge is 0.379 e. The van der Waals surface area contributed by atoms with Gasteiger partial charge < -0.3 is 24.3 Å². The highest BCUT2D eigenvalue weighted by molar-refractivity contribution is 7.80. The Balaban J connectivity index is 1.36. The minimum atomic E-state index is 0.0330. The summed E-state index contributed by atoms with van der Waals surface area (Å²) in [6, 6.07) is 8.68. The van der Waals surface area contributed by atoms with Gasteiger partial charge in [0.25, 0.3) is 0 Å². The molecular weight excluding hydrogens is 472 g/mol. The molecule has 9 heteroatoms. The summed E-state index contributed by atoms with van der Waals surface area (Å²) in [7, 11) is 0. The Morgan fingerprint density at radius 1 is 0.944 bits per heavy atom. The molecule has 5 rings (SSSR count). The Morgan fingerprint density at radius 2 is 1.64 bits per heavy atom. The van der Waals surface area contributed by atoms with Crippen molar-refractivity contribution in [1.82, 2.24) is 29.6 Å². The van der Waals surface area contributed by atoms with Crippen LogP contribution in [0.15, 0.2) is 30.5 Å². The predicted molar refractivity (Wildman–Crippen MR) is 145 cm³/mol. The van der Waals surface area contributed by atoms with Crippen LogP contribution in [-0.4, -0.2) is 102 Å². The monoisotopic (exact) mass is 512 g/mol. The number of ether oxygens (including phenoxy) is 2. The topological polar surface area (TPSA) is 58.0 Å². The van der Waals surface area contributed by atoms with Gasteiger partial charge in [-0.15, -0.1) is 0 Å². The number of aryl methyl sites for hydroxylation is 1. The summed E-state index contributed by atoms with van der Waals surface area (Å²) in [6.45, 7) is 15.9. The van der Waals surface area contributed by atoms with Crippen LogP contribution in [0.3, 0.4) is 0 Å². The van der Waals surface area contributed by atoms with Gasteiger partial charge in [0.1, 0.15) is 0 Å². The van der Waals surface area contributed by atoms with E-state index in [1.807, 2.05) is 12.3 Å². The van der Waals surface area contributed by atoms with E-state index in [4.69, 9.17) is 26.7 Å². The molecule has 0 saturated carbocycles. The Hall–Kier alpha value is -2.04. The maximum Gasteiger partial charge on any atom is 0.170 e. The third-order valence-electron chi connectivity index (χ3n) is 7.85. The number of hydrogen-bond donors (Lipinski definition) is 1. The van der Waals surface area contributed by atoms with Gasteiger partial charge >= 0.3 is 0 Å². The lowest BCUT2D eigenvalue weighted by molar-refractivity contribution is 0.0350. The number of thiocarbonyl (C=S) groups is 1. The fraction of sp³-hybridized carbons (Fsp3) is 0.630. The van der Waals surface area contributed by atoms with Crippen molar-refractivity contribution < 1.29 is 9.47 Å². The van der Waals surface area contributed by atoms with Crippen molar-refractivity contribution in [3.05, 3.63) is 53.1 Å². The molecule has 2 aromatic rings. The molecule has 0 unspecified atom stereocenters. The van der Waals surface area contributed by atoms with Gasteiger partial charge in [0.15, 0.2) is 5.11 Å². The molecule has 5 heterocycles. The second-order valence-corrected chi connectivity index (χ2v) is 10.4. The van der Waals surface area contributed by atoms with E-state index in [1.165, 1.54) is 17.0 Å². The SMILES string of the molecule is Cc1cc([C@@H]2[C@H](c3ccccn3)NC(=S)N2CCN2CCOCC2)c(C)n1CCCN1CCOCC1. The summed E-state index contributed by atoms with van der Waals surface area (Å²) in [5.74, 6) is 0. The zero-order chi connectivity index (χ0) is 24.9. The van der Waals surface area contributed by atoms with Crippen molar-refractivity contribution in [3.8, 4) is 0 Å². The van der Waals surface area contributed by atoms with Crippen LogP contribution in [0.5, 0.6) is 0 Å². The lowest BCUT2D eigenvalue weighted by atomic mass is 9.96. The molecule has 2 atom stereocenters. The second-order valence-electron chi connectivity index (χ2n) is 10.1. The fourth-order valence-electron chi connectivity index (χ4n) is 5.81. The van der Waals surface area contributed by atoms with Crippen molar-refractivity contribution >= 4 is 17.3 Å². The Bertz CT molecular complexity index is 1000. The van der Waals surface area contributed by atoms with E-state index < -0.39 is 0 Å². The Labute approximate surface area is 220 Å². The van der Waals surface area contributed by atoms with Crippen LogP contribution in [0.1, 0.15) is 41.1 Å². The zero-order valence-electron chi connectivity index (χ0n) is 21.7. The normalized spacial score (nSPS) is 23.8. The third-order valence-corrected chi connectivity index (χ3v) is 8.20. The molecule has 36 heavy (non-hydrogen) atoms. The first-order valence-electron chi connectivity index (χ1n) is 13.4. The standard InChI is InChI=1S/C27H40N6O2S/c1-21-20-23(22(2)32(21)9-5-8-30-12-16-34-17-13-30)26-25(24-6-3-4-7-28-24)29-27(36)33(26)11-10-31-14-18-35-19-15-31/h3-4,6-7,20,25-26H,5,8-19H2,1-2H3,(H,29,36)/t25-,26+/m0/s1. The number of morpholine rings is 2. The molecule has 8 nitrogen and oxygen atoms in total. The van der Waals surface area contributed by atoms with Crippen LogP contribution in [-0.2, 0) is 16.0 Å². The van der Waals surface area contributed by atoms with E-state index in [0.29, 0.717) is 0 Å². The highest BCUT2D eigenvalue weighted by Gasteiger charge is 2.41. The van der Waals surface area contributed by atoms with Crippen LogP contribution in [0.2, 0.25) is 0 Å². The smallest absolute Gasteiger partial charge is 0.170 e. The summed E-state index contributed by atoms with van der Waals surface area (Å²) in [6.07, 6.45) is 3.02. The molecule has 0 bridgehead atoms. The van der Waals surface area contributed by atoms with E-state index >= 15 is 0 Å². The van der Waals surface area contributed by atoms with E-state index in [0.717, 1.165) is 96.0 Å². The van der Waals surface area contributed by atoms with E-state index in [-0.39, 0.29) is 12.1 Å². The van der Waals surface area contributed by atoms with Crippen molar-refractivity contribution in [3.63, 3.8) is 0 Å². The minimum Gasteiger partial charge on any atom is -0.379 e. The molecule has 3 saturated heterocycles. The van der Waals surface area contributed by atoms with Crippen LogP contribution in [0.25, 0.3) is 0 Å². The van der Waals surface area contributed by atoms with Crippen molar-refractivity contribution in [2.75, 3.05) is 72.2 Å². The number of pyridine rings is 1. The molecule has 196 valence electrons. The highest BCUT2D eigenvalue weighted by Crippen LogP contribution is 2.40. The van der Waals surface area contributed by atoms with Crippen molar-refractivity contribution in [1.29, 1.82) is 0 Å². The Kier molecular flexibility index (Phi) is 8.54. The first-order valence-corrected chi connectivity index (χ1v) is 13.8. The molecule has 0 radical (unpaired) electrons. The molecule has 2 aromatic heterocycles. The highest BCUT2D eigenvalue weighted by atomic mass is 32.1. The molecule has 1 N–H and O–H groups in total. The lowest BCUT2D eigenvalue weighted by Crippen LogP contribution is -2.42. The number of nitrogens with zero attached hydrogens (tertiary/aromatic N) is 5. The summed E-state index contributed by atoms with van der Waals surface area (Å²) in [4.78, 5) is 12.1. The van der Waals surface area contributed by atoms with Gasteiger partial charge in [0.2, 0.25) is 0 Å². The molecule has 0 aromatic carbocycles. The van der Waals surface area contributed by atoms with Gasteiger partial charge in [-0.05, 0) is 56.2 Å². The van der Waals surface area contributed by atoms with E-state index in [1.54, 1.807) is 0 Å². The molecule has 0 amide bonds. The summed E-state index contributed by atoms with van der Waals surface area (Å²) < 4.78 is 13.5. The van der Waals surface area contributed by atoms with Gasteiger partial charge in [-0.3, -0.25) is 14.8 Å². The molecule has 3 fully saturated rings. The van der Waals surface area contributed by atoms with Gasteiger partial charge in [-0.2, -0.15) is 0 Å². The molecule has 0 aliphatic carbocycles. The molecule has 0 spiro atoms. The van der Waals surface area contributed by atoms with Crippen molar-refractivity contribution in [2.24, 2.45) is 0 Å². The summed E-state index contributed by atoms with van der Waals surface area (Å²) >= 11 is 5.91. The van der Waals surface area contributed by atoms with Crippen LogP contribution >= 0.6 is 12.2 Å². The maximum absolute atomic E-state index is 5.91. The van der Waals surface area contributed by atoms with Gasteiger partial charge in [-0.25, -0.2) is 0 Å². The number of rotatable bonds is 9. The van der Waals surface area contributed by atoms with Crippen molar-refractivity contribution in [2.45, 2.75) is 38.9 Å². The predicted octanol–water partition coefficient (Wildman–Crippen LogP) is 2.53. The first-order chi connectivity index (χ1) is 17.6. The Morgan fingerprint density at radius 3 is 2.31 bits per heavy atom. The summed E-state index contributed by atoms with van der Waals surface area (Å²) in [5, 5.41) is 4.44. The van der Waals surface area contributed by atoms with E-state index in [9.17, 15) is 0 Å². The number of hydrogen-bond acceptors (Lipinski definition) is 6. The van der Waals surface area contributed by atoms with Gasteiger partial charge in [0.05, 0.1) is 44.2 Å². The lowest BCUT2D eigenvalue weighted by Gasteiger charge is -2.32. The minimum absolute atomic E-state index is 0.0330. The first kappa shape index (κ1) is 25.6. The number of nitrogens with one attached hydrogen (secondary N) is 1. The maximum atomic E-state index is 5.91. The number of aromatic nitrogens is 2. The average Bonchev–Trinajstić information content (AvgIpc) is 3.39. The third kappa shape index (κ3) is 5.75. The van der Waals surface area contributed by atoms with Crippen LogP contribution in [0.4, 0.5) is 0 Å². The van der Waals surface area contributed by atoms with Gasteiger partial charge in [0, 0.05) is 69.9 Å². The molecular formula is C27H40N6O2S. The van der Waals surface area contributed by atoms with E-state index in [2.05, 4.69) is 56.6 Å². The van der Waals surface area contributed by atoms with Crippen LogP contribution in [0, 0.1) is 13.8 Å². The molecule has 3 aliphatic heterocycles. The zero-order valence-corrected chi connectivity index (χ0v) is 22.5. The fourth-order valence-corrected chi connectivity index (χ4v) is 6.14. The van der Waals surface area contributed by atoms with Gasteiger partial charge in [-0.1, -0.05) is 6.07 Å². The summed E-state index contributed by atoms with van der Waals surface area (Å²) in [5.41, 5.74) is 5.04. The molecule has 3 aliphatic rings. The quantitative estimate of drug-likeness (QED) is 0.515.